The van der Waals surface area contributed by atoms with E-state index in [0.29, 0.717) is 12.0 Å². The highest BCUT2D eigenvalue weighted by molar-refractivity contribution is 5.89. The summed E-state index contributed by atoms with van der Waals surface area (Å²) >= 11 is 0. The summed E-state index contributed by atoms with van der Waals surface area (Å²) in [6.07, 6.45) is 4.19. The van der Waals surface area contributed by atoms with Crippen LogP contribution in [0, 0.1) is 0 Å². The van der Waals surface area contributed by atoms with E-state index in [9.17, 15) is 19.8 Å². The predicted octanol–water partition coefficient (Wildman–Crippen LogP) is 2.47. The molecule has 3 unspecified atom stereocenters. The molecule has 0 saturated carbocycles. The van der Waals surface area contributed by atoms with Crippen LogP contribution in [0.25, 0.3) is 10.8 Å². The molecule has 146 valence electrons. The van der Waals surface area contributed by atoms with Crippen LogP contribution in [0.1, 0.15) is 25.0 Å². The Hall–Kier alpha value is -2.96. The first kappa shape index (κ1) is 19.8. The van der Waals surface area contributed by atoms with Crippen molar-refractivity contribution in [1.29, 1.82) is 0 Å². The molecule has 1 aliphatic rings. The van der Waals surface area contributed by atoms with Crippen LogP contribution in [-0.4, -0.2) is 45.6 Å². The molecule has 0 aliphatic carbocycles. The Labute approximate surface area is 163 Å². The Morgan fingerprint density at radius 1 is 1.18 bits per heavy atom. The zero-order chi connectivity index (χ0) is 20.1. The normalized spacial score (nSPS) is 17.8. The van der Waals surface area contributed by atoms with Crippen LogP contribution < -0.4 is 0 Å². The Balaban J connectivity index is 2.18. The first-order chi connectivity index (χ1) is 13.6. The van der Waals surface area contributed by atoms with E-state index in [1.165, 1.54) is 4.90 Å². The number of rotatable bonds is 7. The second kappa shape index (κ2) is 8.37. The molecule has 0 bridgehead atoms. The van der Waals surface area contributed by atoms with Gasteiger partial charge in [0.1, 0.15) is 12.2 Å². The molecule has 0 radical (unpaired) electrons. The monoisotopic (exact) mass is 381 g/mol. The molecule has 2 aromatic rings. The van der Waals surface area contributed by atoms with E-state index in [1.807, 2.05) is 30.3 Å². The molecule has 0 fully saturated rings. The molecule has 6 heteroatoms. The van der Waals surface area contributed by atoms with Gasteiger partial charge in [0.05, 0.1) is 6.61 Å². The molecule has 1 aliphatic heterocycles. The van der Waals surface area contributed by atoms with Gasteiger partial charge in [-0.3, -0.25) is 0 Å². The molecular weight excluding hydrogens is 358 g/mol. The maximum Gasteiger partial charge on any atom is 0.338 e. The highest BCUT2D eigenvalue weighted by atomic mass is 16.5. The molecule has 2 aromatic carbocycles. The van der Waals surface area contributed by atoms with Gasteiger partial charge in [-0.25, -0.2) is 4.79 Å². The van der Waals surface area contributed by atoms with Crippen molar-refractivity contribution < 1.29 is 24.5 Å². The van der Waals surface area contributed by atoms with Gasteiger partial charge in [0.2, 0.25) is 5.54 Å². The van der Waals surface area contributed by atoms with Gasteiger partial charge in [0, 0.05) is 12.4 Å². The average Bonchev–Trinajstić information content (AvgIpc) is 2.74. The lowest BCUT2D eigenvalue weighted by Gasteiger charge is -2.44. The molecule has 0 spiro atoms. The van der Waals surface area contributed by atoms with Gasteiger partial charge in [-0.05, 0) is 35.7 Å². The smallest absolute Gasteiger partial charge is 0.338 e. The van der Waals surface area contributed by atoms with Crippen LogP contribution >= 0.6 is 0 Å². The van der Waals surface area contributed by atoms with Crippen LogP contribution in [0.15, 0.2) is 67.0 Å². The lowest BCUT2D eigenvalue weighted by molar-refractivity contribution is -0.175. The highest BCUT2D eigenvalue weighted by Gasteiger charge is 2.56. The van der Waals surface area contributed by atoms with Crippen molar-refractivity contribution >= 4 is 23.0 Å². The first-order valence-electron chi connectivity index (χ1n) is 9.14. The number of hydrogen-bond acceptors (Lipinski definition) is 6. The molecule has 0 saturated heterocycles. The van der Waals surface area contributed by atoms with E-state index in [-0.39, 0.29) is 12.9 Å². The highest BCUT2D eigenvalue weighted by Crippen LogP contribution is 2.38. The Morgan fingerprint density at radius 3 is 2.50 bits per heavy atom. The van der Waals surface area contributed by atoms with Crippen LogP contribution in [-0.2, 0) is 14.3 Å². The number of aldehydes is 1. The summed E-state index contributed by atoms with van der Waals surface area (Å²) in [6, 6.07) is 12.8. The zero-order valence-electron chi connectivity index (χ0n) is 15.6. The van der Waals surface area contributed by atoms with Gasteiger partial charge in [-0.15, -0.1) is 0 Å². The van der Waals surface area contributed by atoms with Gasteiger partial charge in [-0.1, -0.05) is 48.6 Å². The topological polar surface area (TPSA) is 87.1 Å². The number of esters is 1. The minimum atomic E-state index is -2.05. The number of aliphatic hydroxyl groups is 2. The molecule has 6 nitrogen and oxygen atoms in total. The summed E-state index contributed by atoms with van der Waals surface area (Å²) in [7, 11) is 0. The fourth-order valence-corrected chi connectivity index (χ4v) is 3.50. The van der Waals surface area contributed by atoms with E-state index in [4.69, 9.17) is 4.74 Å². The van der Waals surface area contributed by atoms with Gasteiger partial charge in [0.25, 0.3) is 0 Å². The summed E-state index contributed by atoms with van der Waals surface area (Å²) in [6.45, 7) is 1.66. The number of carbonyl (C=O) groups excluding carboxylic acids is 2. The van der Waals surface area contributed by atoms with Crippen molar-refractivity contribution in [2.24, 2.45) is 0 Å². The molecule has 2 N–H and O–H groups in total. The molecule has 0 aromatic heterocycles. The molecule has 0 amide bonds. The predicted molar refractivity (Wildman–Crippen MR) is 105 cm³/mol. The number of carbonyl (C=O) groups is 2. The van der Waals surface area contributed by atoms with Crippen molar-refractivity contribution in [1.82, 2.24) is 4.90 Å². The van der Waals surface area contributed by atoms with Crippen molar-refractivity contribution in [3.8, 4) is 0 Å². The summed E-state index contributed by atoms with van der Waals surface area (Å²) < 4.78 is 5.19. The van der Waals surface area contributed by atoms with Gasteiger partial charge >= 0.3 is 5.97 Å². The van der Waals surface area contributed by atoms with Gasteiger partial charge in [0.15, 0.2) is 6.29 Å². The largest absolute Gasteiger partial charge is 0.464 e. The lowest BCUT2D eigenvalue weighted by atomic mass is 9.80. The SMILES string of the molecule is CCOC(=O)C(C(O)C=O)(C(O)c1ccc2ccccc2c1)N1C=CCC=C1. The second-order valence-electron chi connectivity index (χ2n) is 6.55. The number of ether oxygens (including phenoxy) is 1. The van der Waals surface area contributed by atoms with E-state index >= 15 is 0 Å². The third-order valence-corrected chi connectivity index (χ3v) is 4.92. The van der Waals surface area contributed by atoms with Crippen molar-refractivity contribution in [3.63, 3.8) is 0 Å². The summed E-state index contributed by atoms with van der Waals surface area (Å²) in [4.78, 5) is 26.0. The zero-order valence-corrected chi connectivity index (χ0v) is 15.6. The lowest BCUT2D eigenvalue weighted by Crippen LogP contribution is -2.63. The molecule has 1 heterocycles. The minimum absolute atomic E-state index is 0.0396. The van der Waals surface area contributed by atoms with Crippen molar-refractivity contribution in [3.05, 3.63) is 72.6 Å². The molecule has 28 heavy (non-hydrogen) atoms. The Morgan fingerprint density at radius 2 is 1.86 bits per heavy atom. The summed E-state index contributed by atoms with van der Waals surface area (Å²) in [5.74, 6) is -0.883. The second-order valence-corrected chi connectivity index (χ2v) is 6.55. The van der Waals surface area contributed by atoms with E-state index in [2.05, 4.69) is 0 Å². The number of hydrogen-bond donors (Lipinski definition) is 2. The van der Waals surface area contributed by atoms with Crippen LogP contribution in [0.4, 0.5) is 0 Å². The summed E-state index contributed by atoms with van der Waals surface area (Å²) in [5.41, 5.74) is -1.66. The van der Waals surface area contributed by atoms with Crippen LogP contribution in [0.3, 0.4) is 0 Å². The third-order valence-electron chi connectivity index (χ3n) is 4.92. The van der Waals surface area contributed by atoms with E-state index in [1.54, 1.807) is 43.6 Å². The van der Waals surface area contributed by atoms with Crippen molar-refractivity contribution in [2.45, 2.75) is 31.1 Å². The quantitative estimate of drug-likeness (QED) is 0.566. The van der Waals surface area contributed by atoms with E-state index < -0.39 is 23.7 Å². The Bertz CT molecular complexity index is 910. The minimum Gasteiger partial charge on any atom is -0.464 e. The van der Waals surface area contributed by atoms with Crippen LogP contribution in [0.5, 0.6) is 0 Å². The molecular formula is C22H23NO5. The van der Waals surface area contributed by atoms with E-state index in [0.717, 1.165) is 10.8 Å². The molecule has 3 atom stereocenters. The van der Waals surface area contributed by atoms with Crippen LogP contribution in [0.2, 0.25) is 0 Å². The molecule has 3 rings (SSSR count). The number of nitrogens with zero attached hydrogens (tertiary/aromatic N) is 1. The summed E-state index contributed by atoms with van der Waals surface area (Å²) in [5, 5.41) is 23.8. The number of fused-ring (bicyclic) bond motifs is 1. The van der Waals surface area contributed by atoms with Gasteiger partial charge < -0.3 is 24.6 Å². The Kier molecular flexibility index (Phi) is 5.92. The maximum atomic E-state index is 13.0. The fraction of sp³-hybridized carbons (Fsp3) is 0.273. The third kappa shape index (κ3) is 3.32. The fourth-order valence-electron chi connectivity index (χ4n) is 3.50. The number of benzene rings is 2. The van der Waals surface area contributed by atoms with Crippen molar-refractivity contribution in [2.75, 3.05) is 6.61 Å². The standard InChI is InChI=1S/C22H23NO5/c1-2-28-21(27)22(19(25)15-24,23-12-6-3-7-13-23)20(26)18-11-10-16-8-4-5-9-17(16)14-18/h4-15,19-20,25-26H,2-3H2,1H3. The average molecular weight is 381 g/mol. The number of allylic oxidation sites excluding steroid dienone is 2. The van der Waals surface area contributed by atoms with Gasteiger partial charge in [-0.2, -0.15) is 0 Å². The first-order valence-corrected chi connectivity index (χ1v) is 9.14. The number of aliphatic hydroxyl groups excluding tert-OH is 2. The maximum absolute atomic E-state index is 13.0.